The largest absolute Gasteiger partial charge is 0.484 e. The monoisotopic (exact) mass is 443 g/mol. The molecule has 0 spiro atoms. The van der Waals surface area contributed by atoms with Crippen LogP contribution >= 0.6 is 0 Å². The lowest BCUT2D eigenvalue weighted by molar-refractivity contribution is -0.130. The summed E-state index contributed by atoms with van der Waals surface area (Å²) in [5.41, 5.74) is 2.24. The molecule has 0 radical (unpaired) electrons. The Morgan fingerprint density at radius 3 is 2.68 bits per heavy atom. The SMILES string of the molecule is CS(=O)(=O)CC(=O)N1C[C@@H]2C[C@H]1CN2Cc1ccc([C@H]2COc3cccnc3O2)cc1. The van der Waals surface area contributed by atoms with Gasteiger partial charge < -0.3 is 14.4 Å². The number of carbonyl (C=O) groups is 1. The van der Waals surface area contributed by atoms with Gasteiger partial charge in [0.2, 0.25) is 5.91 Å². The van der Waals surface area contributed by atoms with Gasteiger partial charge in [0, 0.05) is 44.2 Å². The van der Waals surface area contributed by atoms with Crippen molar-refractivity contribution in [2.45, 2.75) is 31.2 Å². The van der Waals surface area contributed by atoms with Gasteiger partial charge in [-0.2, -0.15) is 0 Å². The molecule has 2 fully saturated rings. The van der Waals surface area contributed by atoms with Crippen LogP contribution in [-0.4, -0.2) is 72.9 Å². The van der Waals surface area contributed by atoms with Crippen LogP contribution in [0.3, 0.4) is 0 Å². The number of nitrogens with zero attached hydrogens (tertiary/aromatic N) is 3. The number of rotatable bonds is 5. The Hall–Kier alpha value is -2.65. The topological polar surface area (TPSA) is 89.0 Å². The second kappa shape index (κ2) is 7.80. The smallest absolute Gasteiger partial charge is 0.257 e. The molecule has 31 heavy (non-hydrogen) atoms. The van der Waals surface area contributed by atoms with E-state index in [2.05, 4.69) is 34.1 Å². The Morgan fingerprint density at radius 1 is 1.16 bits per heavy atom. The third-order valence-electron chi connectivity index (χ3n) is 6.18. The van der Waals surface area contributed by atoms with E-state index in [-0.39, 0.29) is 24.1 Å². The summed E-state index contributed by atoms with van der Waals surface area (Å²) >= 11 is 0. The number of piperazine rings is 1. The summed E-state index contributed by atoms with van der Waals surface area (Å²) in [4.78, 5) is 20.6. The molecule has 2 bridgehead atoms. The van der Waals surface area contributed by atoms with Crippen molar-refractivity contribution in [3.63, 3.8) is 0 Å². The highest BCUT2D eigenvalue weighted by atomic mass is 32.2. The Bertz CT molecular complexity index is 1090. The zero-order chi connectivity index (χ0) is 21.6. The van der Waals surface area contributed by atoms with E-state index in [1.165, 1.54) is 5.56 Å². The average Bonchev–Trinajstić information content (AvgIpc) is 3.33. The van der Waals surface area contributed by atoms with Gasteiger partial charge in [0.1, 0.15) is 12.4 Å². The first-order valence-corrected chi connectivity index (χ1v) is 12.5. The fourth-order valence-electron chi connectivity index (χ4n) is 4.70. The molecule has 2 saturated heterocycles. The first-order valence-electron chi connectivity index (χ1n) is 10.4. The third kappa shape index (κ3) is 4.24. The number of fused-ring (bicyclic) bond motifs is 3. The van der Waals surface area contributed by atoms with E-state index in [0.717, 1.165) is 31.3 Å². The molecule has 1 amide bonds. The van der Waals surface area contributed by atoms with Crippen LogP contribution in [0.1, 0.15) is 23.7 Å². The zero-order valence-corrected chi connectivity index (χ0v) is 18.1. The maximum atomic E-state index is 12.3. The summed E-state index contributed by atoms with van der Waals surface area (Å²) in [6.07, 6.45) is 3.52. The van der Waals surface area contributed by atoms with E-state index >= 15 is 0 Å². The van der Waals surface area contributed by atoms with E-state index < -0.39 is 15.6 Å². The van der Waals surface area contributed by atoms with Crippen LogP contribution in [-0.2, 0) is 21.2 Å². The van der Waals surface area contributed by atoms with E-state index in [1.807, 2.05) is 12.1 Å². The Kier molecular flexibility index (Phi) is 5.10. The number of hydrogen-bond donors (Lipinski definition) is 0. The minimum absolute atomic E-state index is 0.110. The van der Waals surface area contributed by atoms with Gasteiger partial charge in [-0.05, 0) is 29.7 Å². The summed E-state index contributed by atoms with van der Waals surface area (Å²) in [7, 11) is -3.30. The Balaban J connectivity index is 1.18. The van der Waals surface area contributed by atoms with Crippen molar-refractivity contribution in [2.75, 3.05) is 31.7 Å². The number of benzene rings is 1. The van der Waals surface area contributed by atoms with Gasteiger partial charge in [-0.15, -0.1) is 0 Å². The first-order chi connectivity index (χ1) is 14.9. The number of ether oxygens (including phenoxy) is 2. The molecule has 164 valence electrons. The van der Waals surface area contributed by atoms with Crippen molar-refractivity contribution >= 4 is 15.7 Å². The van der Waals surface area contributed by atoms with Crippen molar-refractivity contribution in [1.29, 1.82) is 0 Å². The van der Waals surface area contributed by atoms with Crippen molar-refractivity contribution in [2.24, 2.45) is 0 Å². The Morgan fingerprint density at radius 2 is 1.97 bits per heavy atom. The van der Waals surface area contributed by atoms with Crippen LogP contribution in [0.4, 0.5) is 0 Å². The van der Waals surface area contributed by atoms with Crippen LogP contribution in [0.5, 0.6) is 11.6 Å². The van der Waals surface area contributed by atoms with E-state index in [4.69, 9.17) is 9.47 Å². The lowest BCUT2D eigenvalue weighted by Crippen LogP contribution is -2.49. The fraction of sp³-hybridized carbons (Fsp3) is 0.455. The number of amides is 1. The second-order valence-electron chi connectivity index (χ2n) is 8.55. The molecule has 3 aliphatic rings. The van der Waals surface area contributed by atoms with Gasteiger partial charge in [-0.25, -0.2) is 13.4 Å². The summed E-state index contributed by atoms with van der Waals surface area (Å²) in [5.74, 6) is 0.518. The molecule has 0 N–H and O–H groups in total. The van der Waals surface area contributed by atoms with Gasteiger partial charge in [-0.3, -0.25) is 9.69 Å². The van der Waals surface area contributed by atoms with Crippen LogP contribution in [0, 0.1) is 0 Å². The fourth-order valence-corrected chi connectivity index (χ4v) is 5.32. The maximum Gasteiger partial charge on any atom is 0.257 e. The average molecular weight is 444 g/mol. The van der Waals surface area contributed by atoms with Gasteiger partial charge in [0.25, 0.3) is 5.88 Å². The molecule has 3 aliphatic heterocycles. The molecule has 0 aliphatic carbocycles. The molecule has 2 aromatic rings. The van der Waals surface area contributed by atoms with E-state index in [0.29, 0.717) is 24.8 Å². The molecular formula is C22H25N3O5S. The summed E-state index contributed by atoms with van der Waals surface area (Å²) in [6, 6.07) is 12.4. The summed E-state index contributed by atoms with van der Waals surface area (Å²) in [6.45, 7) is 2.65. The number of pyridine rings is 1. The standard InChI is InChI=1S/C22H25N3O5S/c1-31(27,28)14-21(26)25-12-17-9-18(25)11-24(17)10-15-4-6-16(7-5-15)20-13-29-19-3-2-8-23-22(19)30-20/h2-8,17-18,20H,9-14H2,1H3/t17-,18-,20+/m0/s1. The lowest BCUT2D eigenvalue weighted by Gasteiger charge is -2.34. The molecule has 5 rings (SSSR count). The minimum atomic E-state index is -3.30. The van der Waals surface area contributed by atoms with Crippen molar-refractivity contribution in [3.8, 4) is 11.6 Å². The number of sulfone groups is 1. The molecule has 8 nitrogen and oxygen atoms in total. The predicted molar refractivity (Wildman–Crippen MR) is 114 cm³/mol. The lowest BCUT2D eigenvalue weighted by atomic mass is 10.1. The van der Waals surface area contributed by atoms with Gasteiger partial charge in [0.15, 0.2) is 21.7 Å². The van der Waals surface area contributed by atoms with E-state index in [9.17, 15) is 13.2 Å². The van der Waals surface area contributed by atoms with E-state index in [1.54, 1.807) is 11.1 Å². The van der Waals surface area contributed by atoms with Crippen molar-refractivity contribution in [3.05, 3.63) is 53.7 Å². The van der Waals surface area contributed by atoms with Crippen molar-refractivity contribution < 1.29 is 22.7 Å². The van der Waals surface area contributed by atoms with Gasteiger partial charge in [0.05, 0.1) is 0 Å². The van der Waals surface area contributed by atoms with Gasteiger partial charge in [-0.1, -0.05) is 24.3 Å². The van der Waals surface area contributed by atoms with Crippen molar-refractivity contribution in [1.82, 2.24) is 14.8 Å². The van der Waals surface area contributed by atoms with Gasteiger partial charge >= 0.3 is 0 Å². The minimum Gasteiger partial charge on any atom is -0.484 e. The van der Waals surface area contributed by atoms with Crippen LogP contribution < -0.4 is 9.47 Å². The van der Waals surface area contributed by atoms with Crippen LogP contribution in [0.25, 0.3) is 0 Å². The number of likely N-dealkylation sites (tertiary alicyclic amines) is 2. The molecule has 0 unspecified atom stereocenters. The highest BCUT2D eigenvalue weighted by Crippen LogP contribution is 2.35. The molecule has 1 aromatic carbocycles. The maximum absolute atomic E-state index is 12.3. The third-order valence-corrected chi connectivity index (χ3v) is 6.95. The molecule has 1 aromatic heterocycles. The highest BCUT2D eigenvalue weighted by Gasteiger charge is 2.45. The molecule has 4 heterocycles. The number of aromatic nitrogens is 1. The second-order valence-corrected chi connectivity index (χ2v) is 10.7. The predicted octanol–water partition coefficient (Wildman–Crippen LogP) is 1.42. The molecule has 3 atom stereocenters. The first kappa shape index (κ1) is 20.3. The molecule has 0 saturated carbocycles. The summed E-state index contributed by atoms with van der Waals surface area (Å²) in [5, 5.41) is 0. The quantitative estimate of drug-likeness (QED) is 0.691. The molecule has 9 heteroatoms. The zero-order valence-electron chi connectivity index (χ0n) is 17.3. The van der Waals surface area contributed by atoms with Crippen LogP contribution in [0.15, 0.2) is 42.6 Å². The normalized spacial score (nSPS) is 25.1. The molecular weight excluding hydrogens is 418 g/mol. The highest BCUT2D eigenvalue weighted by molar-refractivity contribution is 7.91. The number of hydrogen-bond acceptors (Lipinski definition) is 7. The Labute approximate surface area is 181 Å². The number of carbonyl (C=O) groups excluding carboxylic acids is 1. The summed E-state index contributed by atoms with van der Waals surface area (Å²) < 4.78 is 34.6. The van der Waals surface area contributed by atoms with Crippen LogP contribution in [0.2, 0.25) is 0 Å².